The summed E-state index contributed by atoms with van der Waals surface area (Å²) in [5.74, 6) is 0. The highest BCUT2D eigenvalue weighted by Gasteiger charge is 2.45. The molecule has 0 atom stereocenters. The maximum absolute atomic E-state index is 2.54. The average molecular weight is 530 g/mol. The molecule has 8 rings (SSSR count). The van der Waals surface area contributed by atoms with Crippen LogP contribution in [0.25, 0.3) is 28.3 Å². The fourth-order valence-corrected chi connectivity index (χ4v) is 7.68. The van der Waals surface area contributed by atoms with Crippen molar-refractivity contribution >= 4 is 23.1 Å². The van der Waals surface area contributed by atoms with E-state index in [0.717, 1.165) is 12.8 Å². The van der Waals surface area contributed by atoms with Gasteiger partial charge in [-0.25, -0.2) is 0 Å². The maximum Gasteiger partial charge on any atom is 0.0543 e. The first-order valence-corrected chi connectivity index (χ1v) is 14.9. The van der Waals surface area contributed by atoms with Crippen molar-refractivity contribution in [3.8, 4) is 22.3 Å². The third kappa shape index (κ3) is 3.42. The molecule has 41 heavy (non-hydrogen) atoms. The number of benzene rings is 5. The number of fused-ring (bicyclic) bond motifs is 5. The molecule has 1 aliphatic carbocycles. The van der Waals surface area contributed by atoms with Crippen molar-refractivity contribution in [3.63, 3.8) is 0 Å². The summed E-state index contributed by atoms with van der Waals surface area (Å²) < 4.78 is 0. The lowest BCUT2D eigenvalue weighted by Gasteiger charge is -2.49. The highest BCUT2D eigenvalue weighted by Crippen LogP contribution is 2.60. The summed E-state index contributed by atoms with van der Waals surface area (Å²) in [6.07, 6.45) is 6.79. The molecule has 3 aliphatic rings. The minimum Gasteiger partial charge on any atom is -0.309 e. The van der Waals surface area contributed by atoms with Crippen molar-refractivity contribution < 1.29 is 0 Å². The van der Waals surface area contributed by atoms with Crippen LogP contribution in [0.3, 0.4) is 0 Å². The van der Waals surface area contributed by atoms with Crippen molar-refractivity contribution in [1.29, 1.82) is 0 Å². The first kappa shape index (κ1) is 24.4. The molecule has 1 nitrogen and oxygen atoms in total. The van der Waals surface area contributed by atoms with Gasteiger partial charge in [-0.3, -0.25) is 0 Å². The van der Waals surface area contributed by atoms with Gasteiger partial charge in [0.1, 0.15) is 0 Å². The van der Waals surface area contributed by atoms with E-state index in [2.05, 4.69) is 148 Å². The van der Waals surface area contributed by atoms with Crippen LogP contribution < -0.4 is 4.90 Å². The number of rotatable bonds is 2. The van der Waals surface area contributed by atoms with Crippen LogP contribution in [0.1, 0.15) is 67.5 Å². The molecule has 0 saturated heterocycles. The molecule has 5 aromatic carbocycles. The van der Waals surface area contributed by atoms with E-state index in [1.165, 1.54) is 72.7 Å². The second kappa shape index (κ2) is 8.57. The smallest absolute Gasteiger partial charge is 0.0543 e. The van der Waals surface area contributed by atoms with Gasteiger partial charge in [-0.05, 0) is 92.7 Å². The van der Waals surface area contributed by atoms with E-state index in [1.807, 2.05) is 0 Å². The summed E-state index contributed by atoms with van der Waals surface area (Å²) >= 11 is 0. The number of anilines is 3. The Bertz CT molecular complexity index is 1900. The standard InChI is InChI=1S/C40H35N/c1-39(2)32-18-7-8-21-36(32)41-37-23-22-28(25-35(37)40(3,4)34-20-11-19-33(39)38(34)41)27-14-9-15-29(24-27)31-17-10-13-26-12-5-6-16-30(26)31/h5,7-15,17-25H,6,16H2,1-4H3. The van der Waals surface area contributed by atoms with E-state index in [-0.39, 0.29) is 10.8 Å². The molecule has 0 bridgehead atoms. The lowest BCUT2D eigenvalue weighted by Crippen LogP contribution is -2.38. The molecule has 200 valence electrons. The average Bonchev–Trinajstić information content (AvgIpc) is 3.00. The molecule has 0 aromatic heterocycles. The van der Waals surface area contributed by atoms with Gasteiger partial charge in [0.05, 0.1) is 17.1 Å². The van der Waals surface area contributed by atoms with Gasteiger partial charge in [0.2, 0.25) is 0 Å². The Morgan fingerprint density at radius 1 is 0.561 bits per heavy atom. The van der Waals surface area contributed by atoms with Crippen molar-refractivity contribution in [1.82, 2.24) is 0 Å². The van der Waals surface area contributed by atoms with Crippen LogP contribution in [0.2, 0.25) is 0 Å². The zero-order chi connectivity index (χ0) is 27.9. The zero-order valence-electron chi connectivity index (χ0n) is 24.3. The van der Waals surface area contributed by atoms with Gasteiger partial charge in [0, 0.05) is 10.8 Å². The summed E-state index contributed by atoms with van der Waals surface area (Å²) in [5, 5.41) is 0. The second-order valence-electron chi connectivity index (χ2n) is 12.9. The van der Waals surface area contributed by atoms with Crippen LogP contribution in [0.5, 0.6) is 0 Å². The Balaban J connectivity index is 1.30. The zero-order valence-corrected chi connectivity index (χ0v) is 24.3. The molecule has 0 amide bonds. The van der Waals surface area contributed by atoms with Crippen LogP contribution in [0.4, 0.5) is 17.1 Å². The first-order chi connectivity index (χ1) is 19.9. The Morgan fingerprint density at radius 2 is 1.22 bits per heavy atom. The third-order valence-electron chi connectivity index (χ3n) is 9.91. The third-order valence-corrected chi connectivity index (χ3v) is 9.91. The van der Waals surface area contributed by atoms with E-state index in [1.54, 1.807) is 0 Å². The van der Waals surface area contributed by atoms with Crippen LogP contribution in [-0.4, -0.2) is 0 Å². The molecule has 0 N–H and O–H groups in total. The summed E-state index contributed by atoms with van der Waals surface area (Å²) in [4.78, 5) is 2.54. The van der Waals surface area contributed by atoms with Crippen molar-refractivity contribution in [2.45, 2.75) is 51.4 Å². The predicted molar refractivity (Wildman–Crippen MR) is 174 cm³/mol. The number of hydrogen-bond acceptors (Lipinski definition) is 1. The second-order valence-corrected chi connectivity index (χ2v) is 12.9. The molecule has 2 aliphatic heterocycles. The molecular weight excluding hydrogens is 494 g/mol. The molecule has 1 heteroatoms. The molecule has 0 fully saturated rings. The van der Waals surface area contributed by atoms with Gasteiger partial charge in [0.15, 0.2) is 0 Å². The molecule has 0 unspecified atom stereocenters. The Morgan fingerprint density at radius 3 is 2.07 bits per heavy atom. The summed E-state index contributed by atoms with van der Waals surface area (Å²) in [6, 6.07) is 38.9. The van der Waals surface area contributed by atoms with Gasteiger partial charge in [-0.1, -0.05) is 119 Å². The fraction of sp³-hybridized carbons (Fsp3) is 0.200. The lowest BCUT2D eigenvalue weighted by atomic mass is 9.66. The predicted octanol–water partition coefficient (Wildman–Crippen LogP) is 10.7. The van der Waals surface area contributed by atoms with Crippen LogP contribution in [0, 0.1) is 0 Å². The highest BCUT2D eigenvalue weighted by atomic mass is 15.2. The van der Waals surface area contributed by atoms with Crippen molar-refractivity contribution in [3.05, 3.63) is 143 Å². The van der Waals surface area contributed by atoms with Gasteiger partial charge in [0.25, 0.3) is 0 Å². The molecular formula is C40H35N. The Kier molecular flexibility index (Phi) is 5.11. The van der Waals surface area contributed by atoms with E-state index in [4.69, 9.17) is 0 Å². The van der Waals surface area contributed by atoms with Gasteiger partial charge >= 0.3 is 0 Å². The lowest BCUT2D eigenvalue weighted by molar-refractivity contribution is 0.597. The summed E-state index contributed by atoms with van der Waals surface area (Å²) in [6.45, 7) is 9.54. The van der Waals surface area contributed by atoms with Crippen LogP contribution in [0.15, 0.2) is 109 Å². The van der Waals surface area contributed by atoms with Gasteiger partial charge in [-0.2, -0.15) is 0 Å². The number of allylic oxidation sites excluding steroid dienone is 1. The minimum atomic E-state index is -0.127. The SMILES string of the molecule is CC1(C)c2ccccc2N2c3ccc(-c4cccc(-c5cccc6c5CCC=C6)c4)cc3C(C)(C)c3cccc1c32. The molecule has 0 saturated carbocycles. The molecule has 2 heterocycles. The summed E-state index contributed by atoms with van der Waals surface area (Å²) in [7, 11) is 0. The number of hydrogen-bond donors (Lipinski definition) is 0. The highest BCUT2D eigenvalue weighted by molar-refractivity contribution is 5.93. The first-order valence-electron chi connectivity index (χ1n) is 14.9. The van der Waals surface area contributed by atoms with Crippen LogP contribution in [-0.2, 0) is 17.3 Å². The van der Waals surface area contributed by atoms with E-state index >= 15 is 0 Å². The maximum atomic E-state index is 2.54. The monoisotopic (exact) mass is 529 g/mol. The quantitative estimate of drug-likeness (QED) is 0.220. The van der Waals surface area contributed by atoms with E-state index < -0.39 is 0 Å². The summed E-state index contributed by atoms with van der Waals surface area (Å²) in [5.41, 5.74) is 17.4. The Hall–Kier alpha value is -4.36. The topological polar surface area (TPSA) is 3.24 Å². The van der Waals surface area contributed by atoms with Gasteiger partial charge < -0.3 is 4.90 Å². The normalized spacial score (nSPS) is 16.8. The van der Waals surface area contributed by atoms with Crippen molar-refractivity contribution in [2.75, 3.05) is 4.90 Å². The largest absolute Gasteiger partial charge is 0.309 e. The van der Waals surface area contributed by atoms with Crippen LogP contribution >= 0.6 is 0 Å². The number of para-hydroxylation sites is 2. The van der Waals surface area contributed by atoms with Gasteiger partial charge in [-0.15, -0.1) is 0 Å². The minimum absolute atomic E-state index is 0.0567. The van der Waals surface area contributed by atoms with E-state index in [9.17, 15) is 0 Å². The molecule has 0 radical (unpaired) electrons. The Labute approximate surface area is 243 Å². The molecule has 5 aromatic rings. The fourth-order valence-electron chi connectivity index (χ4n) is 7.68. The molecule has 0 spiro atoms. The van der Waals surface area contributed by atoms with E-state index in [0.29, 0.717) is 0 Å². The number of nitrogens with zero attached hydrogens (tertiary/aromatic N) is 1. The van der Waals surface area contributed by atoms with Crippen molar-refractivity contribution in [2.24, 2.45) is 0 Å².